The summed E-state index contributed by atoms with van der Waals surface area (Å²) in [5.74, 6) is 2.39. The SMILES string of the molecule is C#CCn1ncc(Cl)c(NCC2CN(CC)CCO2)c1=O. The maximum atomic E-state index is 12.2. The van der Waals surface area contributed by atoms with Crippen LogP contribution in [0.4, 0.5) is 5.69 Å². The highest BCUT2D eigenvalue weighted by Crippen LogP contribution is 2.15. The molecule has 1 aromatic rings. The van der Waals surface area contributed by atoms with E-state index in [0.29, 0.717) is 18.8 Å². The van der Waals surface area contributed by atoms with Gasteiger partial charge in [-0.1, -0.05) is 24.4 Å². The number of hydrogen-bond donors (Lipinski definition) is 1. The molecule has 1 atom stereocenters. The highest BCUT2D eigenvalue weighted by atomic mass is 35.5. The molecule has 1 N–H and O–H groups in total. The Balaban J connectivity index is 2.04. The molecule has 2 rings (SSSR count). The standard InChI is InChI=1S/C14H19ClN4O2/c1-3-5-19-14(20)13(12(15)9-17-19)16-8-11-10-18(4-2)6-7-21-11/h1,9,11,16H,4-8,10H2,2H3. The smallest absolute Gasteiger partial charge is 0.292 e. The van der Waals surface area contributed by atoms with Crippen LogP contribution in [0.5, 0.6) is 0 Å². The van der Waals surface area contributed by atoms with Gasteiger partial charge in [0, 0.05) is 19.6 Å². The third-order valence-corrected chi connectivity index (χ3v) is 3.70. The summed E-state index contributed by atoms with van der Waals surface area (Å²) in [5, 5.41) is 7.26. The Morgan fingerprint density at radius 3 is 3.19 bits per heavy atom. The van der Waals surface area contributed by atoms with Crippen molar-refractivity contribution in [2.24, 2.45) is 0 Å². The van der Waals surface area contributed by atoms with Gasteiger partial charge in [0.05, 0.1) is 23.9 Å². The molecule has 0 aliphatic carbocycles. The van der Waals surface area contributed by atoms with Crippen LogP contribution in [0.25, 0.3) is 0 Å². The molecule has 2 heterocycles. The summed E-state index contributed by atoms with van der Waals surface area (Å²) in [6, 6.07) is 0. The van der Waals surface area contributed by atoms with Gasteiger partial charge in [0.15, 0.2) is 0 Å². The molecule has 1 saturated heterocycles. The van der Waals surface area contributed by atoms with Gasteiger partial charge in [-0.25, -0.2) is 4.68 Å². The highest BCUT2D eigenvalue weighted by molar-refractivity contribution is 6.32. The van der Waals surface area contributed by atoms with E-state index < -0.39 is 0 Å². The molecular weight excluding hydrogens is 292 g/mol. The first-order valence-electron chi connectivity index (χ1n) is 6.92. The molecular formula is C14H19ClN4O2. The number of hydrogen-bond acceptors (Lipinski definition) is 5. The first-order valence-corrected chi connectivity index (χ1v) is 7.30. The van der Waals surface area contributed by atoms with Gasteiger partial charge in [-0.3, -0.25) is 9.69 Å². The van der Waals surface area contributed by atoms with Crippen molar-refractivity contribution >= 4 is 17.3 Å². The van der Waals surface area contributed by atoms with Crippen LogP contribution in [0, 0.1) is 12.3 Å². The molecule has 0 amide bonds. The van der Waals surface area contributed by atoms with Crippen LogP contribution in [0.2, 0.25) is 5.02 Å². The number of nitrogens with one attached hydrogen (secondary N) is 1. The van der Waals surface area contributed by atoms with Crippen molar-refractivity contribution in [1.29, 1.82) is 0 Å². The van der Waals surface area contributed by atoms with Crippen molar-refractivity contribution in [2.75, 3.05) is 38.1 Å². The van der Waals surface area contributed by atoms with E-state index in [1.807, 2.05) is 0 Å². The molecule has 0 saturated carbocycles. The normalized spacial score (nSPS) is 19.2. The molecule has 0 radical (unpaired) electrons. The van der Waals surface area contributed by atoms with Gasteiger partial charge in [0.1, 0.15) is 12.2 Å². The maximum absolute atomic E-state index is 12.2. The summed E-state index contributed by atoms with van der Waals surface area (Å²) < 4.78 is 6.89. The average molecular weight is 311 g/mol. The lowest BCUT2D eigenvalue weighted by atomic mass is 10.2. The second-order valence-corrected chi connectivity index (χ2v) is 5.21. The average Bonchev–Trinajstić information content (AvgIpc) is 2.50. The number of terminal acetylenes is 1. The van der Waals surface area contributed by atoms with Crippen molar-refractivity contribution in [3.8, 4) is 12.3 Å². The molecule has 6 nitrogen and oxygen atoms in total. The number of rotatable bonds is 5. The maximum Gasteiger partial charge on any atom is 0.292 e. The van der Waals surface area contributed by atoms with Crippen LogP contribution >= 0.6 is 11.6 Å². The minimum atomic E-state index is -0.316. The fourth-order valence-electron chi connectivity index (χ4n) is 2.23. The van der Waals surface area contributed by atoms with Crippen LogP contribution in [0.1, 0.15) is 6.92 Å². The molecule has 21 heavy (non-hydrogen) atoms. The van der Waals surface area contributed by atoms with E-state index >= 15 is 0 Å². The monoisotopic (exact) mass is 310 g/mol. The second-order valence-electron chi connectivity index (χ2n) is 4.80. The van der Waals surface area contributed by atoms with Gasteiger partial charge in [0.25, 0.3) is 5.56 Å². The first kappa shape index (κ1) is 15.8. The van der Waals surface area contributed by atoms with Crippen molar-refractivity contribution in [2.45, 2.75) is 19.6 Å². The second kappa shape index (κ2) is 7.46. The molecule has 114 valence electrons. The molecule has 1 aromatic heterocycles. The van der Waals surface area contributed by atoms with Crippen LogP contribution < -0.4 is 10.9 Å². The van der Waals surface area contributed by atoms with Crippen LogP contribution in [-0.4, -0.2) is 53.6 Å². The van der Waals surface area contributed by atoms with Gasteiger partial charge in [0.2, 0.25) is 0 Å². The largest absolute Gasteiger partial charge is 0.377 e. The number of aromatic nitrogens is 2. The molecule has 7 heteroatoms. The Hall–Kier alpha value is -1.55. The van der Waals surface area contributed by atoms with E-state index in [2.05, 4.69) is 28.2 Å². The van der Waals surface area contributed by atoms with Crippen LogP contribution in [-0.2, 0) is 11.3 Å². The van der Waals surface area contributed by atoms with Crippen LogP contribution in [0.3, 0.4) is 0 Å². The molecule has 1 aliphatic rings. The van der Waals surface area contributed by atoms with Gasteiger partial charge >= 0.3 is 0 Å². The van der Waals surface area contributed by atoms with E-state index in [-0.39, 0.29) is 23.2 Å². The zero-order chi connectivity index (χ0) is 15.2. The molecule has 0 aromatic carbocycles. The molecule has 0 bridgehead atoms. The van der Waals surface area contributed by atoms with Gasteiger partial charge in [-0.2, -0.15) is 5.10 Å². The molecule has 1 fully saturated rings. The summed E-state index contributed by atoms with van der Waals surface area (Å²) in [5.41, 5.74) is 0.00254. The minimum Gasteiger partial charge on any atom is -0.377 e. The van der Waals surface area contributed by atoms with E-state index in [1.54, 1.807) is 0 Å². The summed E-state index contributed by atoms with van der Waals surface area (Å²) in [6.45, 7) is 6.23. The third kappa shape index (κ3) is 3.97. The van der Waals surface area contributed by atoms with Crippen molar-refractivity contribution < 1.29 is 4.74 Å². The van der Waals surface area contributed by atoms with E-state index in [4.69, 9.17) is 22.8 Å². The first-order chi connectivity index (χ1) is 10.2. The van der Waals surface area contributed by atoms with Gasteiger partial charge < -0.3 is 10.1 Å². The predicted octanol–water partition coefficient (Wildman–Crippen LogP) is 0.662. The lowest BCUT2D eigenvalue weighted by molar-refractivity contribution is -0.0191. The summed E-state index contributed by atoms with van der Waals surface area (Å²) >= 11 is 6.03. The number of anilines is 1. The lowest BCUT2D eigenvalue weighted by Gasteiger charge is -2.32. The van der Waals surface area contributed by atoms with Gasteiger partial charge in [-0.05, 0) is 6.54 Å². The number of ether oxygens (including phenoxy) is 1. The number of halogens is 1. The van der Waals surface area contributed by atoms with Gasteiger partial charge in [-0.15, -0.1) is 6.42 Å². The Labute approximate surface area is 129 Å². The molecule has 0 spiro atoms. The zero-order valence-corrected chi connectivity index (χ0v) is 12.8. The van der Waals surface area contributed by atoms with Crippen molar-refractivity contribution in [3.05, 3.63) is 21.6 Å². The minimum absolute atomic E-state index is 0.0309. The number of nitrogens with zero attached hydrogens (tertiary/aromatic N) is 3. The Morgan fingerprint density at radius 1 is 1.67 bits per heavy atom. The lowest BCUT2D eigenvalue weighted by Crippen LogP contribution is -2.45. The van der Waals surface area contributed by atoms with Crippen LogP contribution in [0.15, 0.2) is 11.0 Å². The van der Waals surface area contributed by atoms with E-state index in [1.165, 1.54) is 10.9 Å². The fraction of sp³-hybridized carbons (Fsp3) is 0.571. The van der Waals surface area contributed by atoms with Crippen molar-refractivity contribution in [3.63, 3.8) is 0 Å². The highest BCUT2D eigenvalue weighted by Gasteiger charge is 2.20. The fourth-order valence-corrected chi connectivity index (χ4v) is 2.43. The summed E-state index contributed by atoms with van der Waals surface area (Å²) in [6.07, 6.45) is 6.66. The topological polar surface area (TPSA) is 59.4 Å². The Bertz CT molecular complexity index is 581. The predicted molar refractivity (Wildman–Crippen MR) is 82.7 cm³/mol. The Kier molecular flexibility index (Phi) is 5.62. The van der Waals surface area contributed by atoms with Crippen molar-refractivity contribution in [1.82, 2.24) is 14.7 Å². The molecule has 1 unspecified atom stereocenters. The quantitative estimate of drug-likeness (QED) is 0.810. The zero-order valence-electron chi connectivity index (χ0n) is 12.0. The van der Waals surface area contributed by atoms with E-state index in [0.717, 1.165) is 19.6 Å². The third-order valence-electron chi connectivity index (χ3n) is 3.42. The summed E-state index contributed by atoms with van der Waals surface area (Å²) in [4.78, 5) is 14.5. The number of likely N-dealkylation sites (N-methyl/N-ethyl adjacent to an activating group) is 1. The summed E-state index contributed by atoms with van der Waals surface area (Å²) in [7, 11) is 0. The molecule has 1 aliphatic heterocycles. The number of morpholine rings is 1. The van der Waals surface area contributed by atoms with E-state index in [9.17, 15) is 4.79 Å². The Morgan fingerprint density at radius 2 is 2.48 bits per heavy atom.